The van der Waals surface area contributed by atoms with Crippen molar-refractivity contribution in [2.24, 2.45) is 5.73 Å². The van der Waals surface area contributed by atoms with Crippen LogP contribution in [-0.4, -0.2) is 25.4 Å². The van der Waals surface area contributed by atoms with Gasteiger partial charge in [-0.15, -0.1) is 0 Å². The Bertz CT molecular complexity index is 195. The van der Waals surface area contributed by atoms with Gasteiger partial charge >= 0.3 is 58.0 Å². The Kier molecular flexibility index (Phi) is 2.03. The van der Waals surface area contributed by atoms with Crippen molar-refractivity contribution in [2.75, 3.05) is 0 Å². The molecule has 0 aliphatic rings. The molecule has 0 unspecified atom stereocenters. The summed E-state index contributed by atoms with van der Waals surface area (Å²) in [6.45, 7) is 0. The summed E-state index contributed by atoms with van der Waals surface area (Å²) in [6, 6.07) is 0. The summed E-state index contributed by atoms with van der Waals surface area (Å²) >= 11 is 0.366. The van der Waals surface area contributed by atoms with E-state index >= 15 is 0 Å². The van der Waals surface area contributed by atoms with Crippen LogP contribution in [0.5, 0.6) is 0 Å². The Balaban J connectivity index is 2.58. The van der Waals surface area contributed by atoms with Crippen LogP contribution in [0.15, 0.2) is 10.0 Å². The number of amides is 1. The molecule has 48 valence electrons. The van der Waals surface area contributed by atoms with Gasteiger partial charge in [-0.2, -0.15) is 0 Å². The molecule has 0 spiro atoms. The van der Waals surface area contributed by atoms with Crippen molar-refractivity contribution in [3.8, 4) is 0 Å². The van der Waals surface area contributed by atoms with Gasteiger partial charge in [-0.05, 0) is 0 Å². The van der Waals surface area contributed by atoms with Crippen LogP contribution in [0.3, 0.4) is 0 Å². The van der Waals surface area contributed by atoms with Crippen LogP contribution >= 0.6 is 0 Å². The summed E-state index contributed by atoms with van der Waals surface area (Å²) < 4.78 is 0. The van der Waals surface area contributed by atoms with Crippen molar-refractivity contribution in [2.45, 2.75) is 6.42 Å². The summed E-state index contributed by atoms with van der Waals surface area (Å²) in [4.78, 5) is 16.2. The first kappa shape index (κ1) is 6.52. The third-order valence-corrected chi connectivity index (χ3v) is 2.17. The monoisotopic (exact) mass is 190 g/mol. The van der Waals surface area contributed by atoms with E-state index in [1.807, 2.05) is 10.0 Å². The summed E-state index contributed by atoms with van der Waals surface area (Å²) in [5.41, 5.74) is 5.75. The minimum absolute atomic E-state index is 0.290. The Labute approximate surface area is 58.6 Å². The molecule has 0 radical (unpaired) electrons. The van der Waals surface area contributed by atoms with Crippen LogP contribution in [0.1, 0.15) is 5.69 Å². The molecule has 4 heteroatoms. The van der Waals surface area contributed by atoms with E-state index in [1.165, 1.54) is 0 Å². The van der Waals surface area contributed by atoms with Crippen molar-refractivity contribution in [3.05, 3.63) is 15.7 Å². The fourth-order valence-electron chi connectivity index (χ4n) is 0.503. The molecule has 1 rings (SSSR count). The van der Waals surface area contributed by atoms with Crippen molar-refractivity contribution in [1.82, 2.24) is 4.98 Å². The summed E-state index contributed by atoms with van der Waals surface area (Å²) in [5, 5.41) is 1.82. The molecule has 0 saturated heterocycles. The van der Waals surface area contributed by atoms with E-state index in [0.717, 1.165) is 5.69 Å². The Hall–Kier alpha value is -0.601. The van der Waals surface area contributed by atoms with E-state index in [0.29, 0.717) is 14.5 Å². The van der Waals surface area contributed by atoms with E-state index in [1.54, 1.807) is 0 Å². The van der Waals surface area contributed by atoms with E-state index in [-0.39, 0.29) is 12.3 Å². The number of carbonyl (C=O) groups is 1. The maximum absolute atomic E-state index is 10.3. The molecule has 0 aliphatic heterocycles. The van der Waals surface area contributed by atoms with Crippen LogP contribution in [0.2, 0.25) is 0 Å². The van der Waals surface area contributed by atoms with Crippen LogP contribution in [0.25, 0.3) is 0 Å². The van der Waals surface area contributed by atoms with Gasteiger partial charge in [0.2, 0.25) is 0 Å². The van der Waals surface area contributed by atoms with Crippen LogP contribution in [0.4, 0.5) is 0 Å². The number of rotatable bonds is 2. The molecule has 1 aromatic rings. The zero-order chi connectivity index (χ0) is 6.69. The molecular formula is C5H6N2OSe. The molecule has 0 saturated carbocycles. The van der Waals surface area contributed by atoms with Crippen molar-refractivity contribution in [1.29, 1.82) is 0 Å². The van der Waals surface area contributed by atoms with Gasteiger partial charge in [0, 0.05) is 0 Å². The first-order valence-corrected chi connectivity index (χ1v) is 4.42. The third-order valence-electron chi connectivity index (χ3n) is 0.839. The first-order chi connectivity index (χ1) is 4.29. The fourth-order valence-corrected chi connectivity index (χ4v) is 1.67. The second-order valence-corrected chi connectivity index (χ2v) is 3.13. The average molecular weight is 189 g/mol. The van der Waals surface area contributed by atoms with Crippen LogP contribution in [-0.2, 0) is 11.2 Å². The van der Waals surface area contributed by atoms with Crippen LogP contribution in [0, 0.1) is 0 Å². The quantitative estimate of drug-likeness (QED) is 0.617. The number of primary amides is 1. The van der Waals surface area contributed by atoms with Gasteiger partial charge in [0.05, 0.1) is 0 Å². The van der Waals surface area contributed by atoms with Gasteiger partial charge in [0.1, 0.15) is 0 Å². The molecule has 0 aromatic carbocycles. The SMILES string of the molecule is NC(=O)Cc1c[se]cn1. The predicted octanol–water partition coefficient (Wildman–Crippen LogP) is -0.834. The van der Waals surface area contributed by atoms with Gasteiger partial charge in [-0.1, -0.05) is 0 Å². The van der Waals surface area contributed by atoms with Crippen molar-refractivity contribution < 1.29 is 4.79 Å². The number of nitrogens with zero attached hydrogens (tertiary/aromatic N) is 1. The van der Waals surface area contributed by atoms with Crippen LogP contribution < -0.4 is 5.73 Å². The van der Waals surface area contributed by atoms with E-state index in [4.69, 9.17) is 5.73 Å². The van der Waals surface area contributed by atoms with Crippen molar-refractivity contribution in [3.63, 3.8) is 0 Å². The summed E-state index contributed by atoms with van der Waals surface area (Å²) in [5.74, 6) is -0.309. The molecule has 2 N–H and O–H groups in total. The van der Waals surface area contributed by atoms with Gasteiger partial charge in [-0.3, -0.25) is 0 Å². The topological polar surface area (TPSA) is 56.0 Å². The van der Waals surface area contributed by atoms with Gasteiger partial charge in [0.15, 0.2) is 0 Å². The van der Waals surface area contributed by atoms with Crippen molar-refractivity contribution >= 4 is 20.4 Å². The molecular weight excluding hydrogens is 183 g/mol. The zero-order valence-electron chi connectivity index (χ0n) is 4.70. The molecule has 3 nitrogen and oxygen atoms in total. The Morgan fingerprint density at radius 1 is 1.89 bits per heavy atom. The van der Waals surface area contributed by atoms with E-state index in [2.05, 4.69) is 4.98 Å². The second kappa shape index (κ2) is 2.80. The van der Waals surface area contributed by atoms with E-state index in [9.17, 15) is 4.79 Å². The third kappa shape index (κ3) is 1.99. The average Bonchev–Trinajstić information content (AvgIpc) is 2.15. The second-order valence-electron chi connectivity index (χ2n) is 1.62. The zero-order valence-corrected chi connectivity index (χ0v) is 6.42. The fraction of sp³-hybridized carbons (Fsp3) is 0.200. The number of hydrogen-bond acceptors (Lipinski definition) is 2. The molecule has 1 aromatic heterocycles. The van der Waals surface area contributed by atoms with Gasteiger partial charge < -0.3 is 0 Å². The summed E-state index contributed by atoms with van der Waals surface area (Å²) in [6.07, 6.45) is 0.290. The molecule has 1 amide bonds. The van der Waals surface area contributed by atoms with Gasteiger partial charge in [-0.25, -0.2) is 0 Å². The molecule has 0 bridgehead atoms. The maximum atomic E-state index is 10.3. The molecule has 0 fully saturated rings. The van der Waals surface area contributed by atoms with Gasteiger partial charge in [0.25, 0.3) is 0 Å². The predicted molar refractivity (Wildman–Crippen MR) is 34.1 cm³/mol. The first-order valence-electron chi connectivity index (χ1n) is 2.44. The standard InChI is InChI=1S/C5H6N2OSe/c6-5(8)1-4-2-9-3-7-4/h2-3H,1H2,(H2,6,8). The Morgan fingerprint density at radius 3 is 3.11 bits per heavy atom. The molecule has 0 aliphatic carbocycles. The summed E-state index contributed by atoms with van der Waals surface area (Å²) in [7, 11) is 0. The number of hydrogen-bond donors (Lipinski definition) is 1. The number of aromatic nitrogens is 1. The number of carbonyl (C=O) groups excluding carboxylic acids is 1. The number of nitrogens with two attached hydrogens (primary N) is 1. The molecule has 9 heavy (non-hydrogen) atoms. The van der Waals surface area contributed by atoms with E-state index < -0.39 is 0 Å². The molecule has 1 heterocycles. The minimum atomic E-state index is -0.309. The normalized spacial score (nSPS) is 9.33. The Morgan fingerprint density at radius 2 is 2.67 bits per heavy atom. The molecule has 0 atom stereocenters.